The quantitative estimate of drug-likeness (QED) is 0.899. The predicted octanol–water partition coefficient (Wildman–Crippen LogP) is 1.68. The molecule has 0 radical (unpaired) electrons. The first-order chi connectivity index (χ1) is 9.66. The van der Waals surface area contributed by atoms with Gasteiger partial charge >= 0.3 is 0 Å². The lowest BCUT2D eigenvalue weighted by Gasteiger charge is -2.31. The van der Waals surface area contributed by atoms with Crippen molar-refractivity contribution in [1.29, 1.82) is 0 Å². The Kier molecular flexibility index (Phi) is 3.98. The van der Waals surface area contributed by atoms with Gasteiger partial charge in [-0.05, 0) is 40.7 Å². The molecule has 1 aromatic rings. The van der Waals surface area contributed by atoms with Gasteiger partial charge in [-0.25, -0.2) is 9.97 Å². The van der Waals surface area contributed by atoms with Crippen LogP contribution in [0.4, 0.5) is 5.95 Å². The molecule has 0 bridgehead atoms. The van der Waals surface area contributed by atoms with E-state index in [0.29, 0.717) is 12.5 Å². The predicted molar refractivity (Wildman–Crippen MR) is 79.7 cm³/mol. The van der Waals surface area contributed by atoms with E-state index in [-0.39, 0.29) is 29.7 Å². The second kappa shape index (κ2) is 5.42. The molecule has 0 aliphatic carbocycles. The SMILES string of the molecule is Cc1cc(C)nc(NC(=O)C2CC(=O)N(C(C)(C)C)C2)n1. The average Bonchev–Trinajstić information content (AvgIpc) is 2.69. The summed E-state index contributed by atoms with van der Waals surface area (Å²) in [5.41, 5.74) is 1.34. The zero-order valence-corrected chi connectivity index (χ0v) is 13.2. The Morgan fingerprint density at radius 3 is 2.33 bits per heavy atom. The standard InChI is InChI=1S/C15H22N4O2/c1-9-6-10(2)17-14(16-9)18-13(21)11-7-12(20)19(8-11)15(3,4)5/h6,11H,7-8H2,1-5H3,(H,16,17,18,21). The first-order valence-electron chi connectivity index (χ1n) is 7.10. The molecule has 1 unspecified atom stereocenters. The van der Waals surface area contributed by atoms with Gasteiger partial charge in [-0.2, -0.15) is 0 Å². The summed E-state index contributed by atoms with van der Waals surface area (Å²) in [6.45, 7) is 10.1. The van der Waals surface area contributed by atoms with Crippen LogP contribution < -0.4 is 5.32 Å². The second-order valence-corrected chi connectivity index (χ2v) is 6.54. The van der Waals surface area contributed by atoms with Crippen molar-refractivity contribution in [2.45, 2.75) is 46.6 Å². The first-order valence-corrected chi connectivity index (χ1v) is 7.10. The number of hydrogen-bond donors (Lipinski definition) is 1. The van der Waals surface area contributed by atoms with Crippen LogP contribution in [0.25, 0.3) is 0 Å². The van der Waals surface area contributed by atoms with Gasteiger partial charge in [-0.3, -0.25) is 14.9 Å². The van der Waals surface area contributed by atoms with Crippen LogP contribution >= 0.6 is 0 Å². The van der Waals surface area contributed by atoms with Gasteiger partial charge in [-0.1, -0.05) is 0 Å². The Hall–Kier alpha value is -1.98. The third-order valence-corrected chi connectivity index (χ3v) is 3.52. The van der Waals surface area contributed by atoms with Crippen molar-refractivity contribution in [3.8, 4) is 0 Å². The van der Waals surface area contributed by atoms with Crippen LogP contribution in [-0.4, -0.2) is 38.8 Å². The van der Waals surface area contributed by atoms with Crippen LogP contribution in [0, 0.1) is 19.8 Å². The third-order valence-electron chi connectivity index (χ3n) is 3.52. The number of aromatic nitrogens is 2. The van der Waals surface area contributed by atoms with Crippen LogP contribution in [-0.2, 0) is 9.59 Å². The number of hydrogen-bond acceptors (Lipinski definition) is 4. The summed E-state index contributed by atoms with van der Waals surface area (Å²) < 4.78 is 0. The fourth-order valence-electron chi connectivity index (χ4n) is 2.53. The van der Waals surface area contributed by atoms with E-state index in [4.69, 9.17) is 0 Å². The highest BCUT2D eigenvalue weighted by Gasteiger charge is 2.39. The van der Waals surface area contributed by atoms with E-state index in [0.717, 1.165) is 11.4 Å². The molecule has 1 fully saturated rings. The van der Waals surface area contributed by atoms with Crippen LogP contribution in [0.5, 0.6) is 0 Å². The van der Waals surface area contributed by atoms with Crippen LogP contribution in [0.2, 0.25) is 0 Å². The molecular formula is C15H22N4O2. The van der Waals surface area contributed by atoms with Crippen molar-refractivity contribution < 1.29 is 9.59 Å². The highest BCUT2D eigenvalue weighted by molar-refractivity contribution is 5.96. The lowest BCUT2D eigenvalue weighted by atomic mass is 10.1. The van der Waals surface area contributed by atoms with E-state index < -0.39 is 0 Å². The maximum absolute atomic E-state index is 12.3. The van der Waals surface area contributed by atoms with Crippen molar-refractivity contribution in [3.05, 3.63) is 17.5 Å². The largest absolute Gasteiger partial charge is 0.337 e. The molecule has 2 heterocycles. The van der Waals surface area contributed by atoms with Gasteiger partial charge in [-0.15, -0.1) is 0 Å². The minimum atomic E-state index is -0.346. The summed E-state index contributed by atoms with van der Waals surface area (Å²) in [6, 6.07) is 1.84. The topological polar surface area (TPSA) is 75.2 Å². The zero-order valence-electron chi connectivity index (χ0n) is 13.2. The van der Waals surface area contributed by atoms with Gasteiger partial charge in [0.2, 0.25) is 17.8 Å². The summed E-state index contributed by atoms with van der Waals surface area (Å²) >= 11 is 0. The summed E-state index contributed by atoms with van der Waals surface area (Å²) in [7, 11) is 0. The van der Waals surface area contributed by atoms with E-state index in [2.05, 4.69) is 15.3 Å². The van der Waals surface area contributed by atoms with Gasteiger partial charge in [0, 0.05) is 29.9 Å². The molecule has 1 aromatic heterocycles. The lowest BCUT2D eigenvalue weighted by molar-refractivity contribution is -0.131. The number of carbonyl (C=O) groups excluding carboxylic acids is 2. The van der Waals surface area contributed by atoms with Gasteiger partial charge in [0.25, 0.3) is 0 Å². The zero-order chi connectivity index (χ0) is 15.8. The molecule has 0 saturated carbocycles. The van der Waals surface area contributed by atoms with Gasteiger partial charge in [0.15, 0.2) is 0 Å². The third kappa shape index (κ3) is 3.56. The van der Waals surface area contributed by atoms with Gasteiger partial charge in [0.1, 0.15) is 0 Å². The Balaban J connectivity index is 2.07. The average molecular weight is 290 g/mol. The highest BCUT2D eigenvalue weighted by Crippen LogP contribution is 2.26. The smallest absolute Gasteiger partial charge is 0.232 e. The molecule has 0 aromatic carbocycles. The Labute approximate surface area is 125 Å². The van der Waals surface area contributed by atoms with Crippen molar-refractivity contribution in [2.24, 2.45) is 5.92 Å². The number of rotatable bonds is 2. The number of nitrogens with one attached hydrogen (secondary N) is 1. The maximum Gasteiger partial charge on any atom is 0.232 e. The first kappa shape index (κ1) is 15.4. The molecule has 1 aliphatic rings. The molecular weight excluding hydrogens is 268 g/mol. The molecule has 0 spiro atoms. The van der Waals surface area contributed by atoms with Crippen molar-refractivity contribution in [2.75, 3.05) is 11.9 Å². The minimum Gasteiger partial charge on any atom is -0.337 e. The monoisotopic (exact) mass is 290 g/mol. The summed E-state index contributed by atoms with van der Waals surface area (Å²) in [5.74, 6) is -0.218. The van der Waals surface area contributed by atoms with E-state index in [9.17, 15) is 9.59 Å². The highest BCUT2D eigenvalue weighted by atomic mass is 16.2. The summed E-state index contributed by atoms with van der Waals surface area (Å²) in [5, 5.41) is 2.72. The molecule has 1 saturated heterocycles. The number of aryl methyl sites for hydroxylation is 2. The number of nitrogens with zero attached hydrogens (tertiary/aromatic N) is 3. The van der Waals surface area contributed by atoms with Gasteiger partial charge in [0.05, 0.1) is 5.92 Å². The molecule has 1 atom stereocenters. The molecule has 21 heavy (non-hydrogen) atoms. The number of anilines is 1. The number of carbonyl (C=O) groups is 2. The maximum atomic E-state index is 12.3. The molecule has 2 amide bonds. The fraction of sp³-hybridized carbons (Fsp3) is 0.600. The van der Waals surface area contributed by atoms with Crippen molar-refractivity contribution >= 4 is 17.8 Å². The number of amides is 2. The summed E-state index contributed by atoms with van der Waals surface area (Å²) in [6.07, 6.45) is 0.244. The van der Waals surface area contributed by atoms with E-state index >= 15 is 0 Å². The van der Waals surface area contributed by atoms with Gasteiger partial charge < -0.3 is 4.90 Å². The Morgan fingerprint density at radius 1 is 1.29 bits per heavy atom. The molecule has 114 valence electrons. The Morgan fingerprint density at radius 2 is 1.86 bits per heavy atom. The second-order valence-electron chi connectivity index (χ2n) is 6.54. The molecule has 1 N–H and O–H groups in total. The molecule has 6 nitrogen and oxygen atoms in total. The molecule has 6 heteroatoms. The molecule has 1 aliphatic heterocycles. The van der Waals surface area contributed by atoms with Crippen molar-refractivity contribution in [1.82, 2.24) is 14.9 Å². The van der Waals surface area contributed by atoms with E-state index in [1.807, 2.05) is 40.7 Å². The summed E-state index contributed by atoms with van der Waals surface area (Å²) in [4.78, 5) is 34.4. The van der Waals surface area contributed by atoms with E-state index in [1.165, 1.54) is 0 Å². The van der Waals surface area contributed by atoms with Crippen LogP contribution in [0.1, 0.15) is 38.6 Å². The normalized spacial score (nSPS) is 19.0. The number of likely N-dealkylation sites (tertiary alicyclic amines) is 1. The minimum absolute atomic E-state index is 0.0176. The molecule has 2 rings (SSSR count). The van der Waals surface area contributed by atoms with Crippen LogP contribution in [0.15, 0.2) is 6.07 Å². The van der Waals surface area contributed by atoms with Crippen LogP contribution in [0.3, 0.4) is 0 Å². The lowest BCUT2D eigenvalue weighted by Crippen LogP contribution is -2.42. The van der Waals surface area contributed by atoms with E-state index in [1.54, 1.807) is 4.90 Å². The van der Waals surface area contributed by atoms with Crippen molar-refractivity contribution in [3.63, 3.8) is 0 Å². The fourth-order valence-corrected chi connectivity index (χ4v) is 2.53. The Bertz CT molecular complexity index is 557.